The number of hydrogen-bond donors (Lipinski definition) is 1. The van der Waals surface area contributed by atoms with E-state index >= 15 is 0 Å². The molecule has 0 saturated heterocycles. The van der Waals surface area contributed by atoms with Crippen molar-refractivity contribution in [1.29, 1.82) is 0 Å². The van der Waals surface area contributed by atoms with Crippen LogP contribution in [0, 0.1) is 5.82 Å². The average molecular weight is 359 g/mol. The summed E-state index contributed by atoms with van der Waals surface area (Å²) in [6.07, 6.45) is 0.134. The fraction of sp³-hybridized carbons (Fsp3) is 0.533. The van der Waals surface area contributed by atoms with Crippen molar-refractivity contribution in [2.24, 2.45) is 5.73 Å². The molecule has 1 aromatic rings. The summed E-state index contributed by atoms with van der Waals surface area (Å²) in [5, 5.41) is 0. The number of amides is 1. The van der Waals surface area contributed by atoms with Crippen molar-refractivity contribution in [3.63, 3.8) is 0 Å². The molecule has 1 amide bonds. The van der Waals surface area contributed by atoms with Gasteiger partial charge >= 0.3 is 6.09 Å². The Morgan fingerprint density at radius 2 is 2.14 bits per heavy atom. The molecule has 0 unspecified atom stereocenters. The van der Waals surface area contributed by atoms with Crippen molar-refractivity contribution >= 4 is 22.0 Å². The van der Waals surface area contributed by atoms with Crippen LogP contribution in [0.5, 0.6) is 0 Å². The van der Waals surface area contributed by atoms with Crippen LogP contribution in [0.15, 0.2) is 16.6 Å². The highest BCUT2D eigenvalue weighted by Crippen LogP contribution is 2.31. The van der Waals surface area contributed by atoms with Gasteiger partial charge in [-0.25, -0.2) is 9.18 Å². The van der Waals surface area contributed by atoms with E-state index in [2.05, 4.69) is 15.9 Å². The predicted molar refractivity (Wildman–Crippen MR) is 82.3 cm³/mol. The van der Waals surface area contributed by atoms with E-state index in [0.29, 0.717) is 23.0 Å². The maximum atomic E-state index is 14.3. The predicted octanol–water partition coefficient (Wildman–Crippen LogP) is 3.73. The third-order valence-corrected chi connectivity index (χ3v) is 3.95. The highest BCUT2D eigenvalue weighted by molar-refractivity contribution is 9.10. The molecular formula is C15H20BrFN2O2. The average Bonchev–Trinajstić information content (AvgIpc) is 2.52. The van der Waals surface area contributed by atoms with Crippen molar-refractivity contribution in [3.8, 4) is 0 Å². The molecule has 2 rings (SSSR count). The number of hydrogen-bond acceptors (Lipinski definition) is 3. The number of rotatable bonds is 0. The summed E-state index contributed by atoms with van der Waals surface area (Å²) in [6.45, 7) is 6.03. The van der Waals surface area contributed by atoms with E-state index in [1.54, 1.807) is 26.8 Å². The number of benzene rings is 1. The molecule has 1 aromatic carbocycles. The Balaban J connectivity index is 2.30. The largest absolute Gasteiger partial charge is 0.444 e. The summed E-state index contributed by atoms with van der Waals surface area (Å²) in [4.78, 5) is 13.7. The number of carbonyl (C=O) groups is 1. The van der Waals surface area contributed by atoms with Crippen LogP contribution in [-0.4, -0.2) is 23.1 Å². The molecule has 116 valence electrons. The first-order valence-corrected chi connectivity index (χ1v) is 7.68. The molecule has 2 N–H and O–H groups in total. The van der Waals surface area contributed by atoms with E-state index in [4.69, 9.17) is 10.5 Å². The lowest BCUT2D eigenvalue weighted by Gasteiger charge is -2.26. The van der Waals surface area contributed by atoms with E-state index in [1.807, 2.05) is 6.07 Å². The van der Waals surface area contributed by atoms with Gasteiger partial charge in [-0.2, -0.15) is 0 Å². The van der Waals surface area contributed by atoms with Crippen LogP contribution in [0.1, 0.15) is 44.4 Å². The lowest BCUT2D eigenvalue weighted by molar-refractivity contribution is 0.0233. The number of nitrogens with two attached hydrogens (primary N) is 1. The number of ether oxygens (including phenoxy) is 1. The summed E-state index contributed by atoms with van der Waals surface area (Å²) in [5.74, 6) is -0.363. The Hall–Kier alpha value is -1.14. The first kappa shape index (κ1) is 16.2. The fourth-order valence-electron chi connectivity index (χ4n) is 2.32. The van der Waals surface area contributed by atoms with E-state index in [9.17, 15) is 9.18 Å². The highest BCUT2D eigenvalue weighted by atomic mass is 79.9. The van der Waals surface area contributed by atoms with E-state index in [0.717, 1.165) is 5.56 Å². The molecule has 1 atom stereocenters. The molecule has 1 aliphatic rings. The van der Waals surface area contributed by atoms with Gasteiger partial charge in [-0.15, -0.1) is 0 Å². The molecule has 0 aliphatic carbocycles. The summed E-state index contributed by atoms with van der Waals surface area (Å²) >= 11 is 3.18. The first-order valence-electron chi connectivity index (χ1n) is 6.89. The second kappa shape index (κ2) is 5.93. The zero-order valence-corrected chi connectivity index (χ0v) is 14.0. The normalized spacial score (nSPS) is 19.0. The quantitative estimate of drug-likeness (QED) is 0.768. The molecule has 4 nitrogen and oxygen atoms in total. The molecule has 0 bridgehead atoms. The fourth-order valence-corrected chi connectivity index (χ4v) is 2.69. The SMILES string of the molecule is CC(C)(C)OC(=O)N1CC[C@H](N)c2ccc(Br)c(F)c2C1. The van der Waals surface area contributed by atoms with E-state index in [1.165, 1.54) is 4.90 Å². The van der Waals surface area contributed by atoms with Crippen LogP contribution < -0.4 is 5.73 Å². The summed E-state index contributed by atoms with van der Waals surface area (Å²) in [6, 6.07) is 3.18. The van der Waals surface area contributed by atoms with Gasteiger partial charge in [0.2, 0.25) is 0 Å². The van der Waals surface area contributed by atoms with Gasteiger partial charge in [0.05, 0.1) is 11.0 Å². The van der Waals surface area contributed by atoms with Crippen LogP contribution in [0.25, 0.3) is 0 Å². The molecule has 0 aromatic heterocycles. The third-order valence-electron chi connectivity index (χ3n) is 3.34. The Kier molecular flexibility index (Phi) is 4.58. The van der Waals surface area contributed by atoms with Gasteiger partial charge in [0.1, 0.15) is 11.4 Å². The minimum Gasteiger partial charge on any atom is -0.444 e. The second-order valence-corrected chi connectivity index (χ2v) is 7.08. The van der Waals surface area contributed by atoms with E-state index in [-0.39, 0.29) is 18.4 Å². The van der Waals surface area contributed by atoms with Crippen LogP contribution in [-0.2, 0) is 11.3 Å². The maximum absolute atomic E-state index is 14.3. The summed E-state index contributed by atoms with van der Waals surface area (Å²) < 4.78 is 20.1. The third kappa shape index (κ3) is 3.74. The first-order chi connectivity index (χ1) is 9.69. The number of carbonyl (C=O) groups excluding carboxylic acids is 1. The molecule has 1 aliphatic heterocycles. The van der Waals surface area contributed by atoms with Crippen LogP contribution >= 0.6 is 15.9 Å². The van der Waals surface area contributed by atoms with Gasteiger partial charge in [0, 0.05) is 18.2 Å². The highest BCUT2D eigenvalue weighted by Gasteiger charge is 2.28. The monoisotopic (exact) mass is 358 g/mol. The van der Waals surface area contributed by atoms with Crippen molar-refractivity contribution < 1.29 is 13.9 Å². The zero-order valence-electron chi connectivity index (χ0n) is 12.5. The molecule has 0 fully saturated rings. The van der Waals surface area contributed by atoms with Crippen molar-refractivity contribution in [1.82, 2.24) is 4.90 Å². The molecule has 21 heavy (non-hydrogen) atoms. The lowest BCUT2D eigenvalue weighted by atomic mass is 10.00. The van der Waals surface area contributed by atoms with E-state index < -0.39 is 11.7 Å². The van der Waals surface area contributed by atoms with Crippen molar-refractivity contribution in [3.05, 3.63) is 33.5 Å². The van der Waals surface area contributed by atoms with Crippen molar-refractivity contribution in [2.75, 3.05) is 6.54 Å². The number of halogens is 2. The molecule has 6 heteroatoms. The molecule has 1 heterocycles. The molecule has 0 saturated carbocycles. The van der Waals surface area contributed by atoms with Crippen LogP contribution in [0.3, 0.4) is 0 Å². The van der Waals surface area contributed by atoms with Crippen LogP contribution in [0.2, 0.25) is 0 Å². The number of fused-ring (bicyclic) bond motifs is 1. The smallest absolute Gasteiger partial charge is 0.410 e. The van der Waals surface area contributed by atoms with Crippen molar-refractivity contribution in [2.45, 2.75) is 45.4 Å². The maximum Gasteiger partial charge on any atom is 0.410 e. The minimum atomic E-state index is -0.579. The Morgan fingerprint density at radius 3 is 2.76 bits per heavy atom. The second-order valence-electron chi connectivity index (χ2n) is 6.23. The number of nitrogens with zero attached hydrogens (tertiary/aromatic N) is 1. The Morgan fingerprint density at radius 1 is 1.48 bits per heavy atom. The Bertz CT molecular complexity index is 557. The van der Waals surface area contributed by atoms with Gasteiger partial charge in [-0.05, 0) is 54.8 Å². The zero-order chi connectivity index (χ0) is 15.8. The van der Waals surface area contributed by atoms with Gasteiger partial charge in [0.15, 0.2) is 0 Å². The van der Waals surface area contributed by atoms with Crippen LogP contribution in [0.4, 0.5) is 9.18 Å². The molecule has 0 radical (unpaired) electrons. The van der Waals surface area contributed by atoms with Gasteiger partial charge < -0.3 is 15.4 Å². The lowest BCUT2D eigenvalue weighted by Crippen LogP contribution is -2.36. The van der Waals surface area contributed by atoms with Gasteiger partial charge in [0.25, 0.3) is 0 Å². The molecule has 0 spiro atoms. The topological polar surface area (TPSA) is 55.6 Å². The van der Waals surface area contributed by atoms with Gasteiger partial charge in [-0.1, -0.05) is 6.07 Å². The standard InChI is InChI=1S/C15H20BrFN2O2/c1-15(2,3)21-14(20)19-7-6-12(18)9-4-5-11(16)13(17)10(9)8-19/h4-5,12H,6-8,18H2,1-3H3/t12-/m0/s1. The summed E-state index contributed by atoms with van der Waals surface area (Å²) in [7, 11) is 0. The summed E-state index contributed by atoms with van der Waals surface area (Å²) in [5.41, 5.74) is 6.73. The minimum absolute atomic E-state index is 0.170. The Labute approximate surface area is 132 Å². The molecular weight excluding hydrogens is 339 g/mol. The van der Waals surface area contributed by atoms with Gasteiger partial charge in [-0.3, -0.25) is 0 Å².